The second-order valence-electron chi connectivity index (χ2n) is 5.16. The average molecular weight is 333 g/mol. The van der Waals surface area contributed by atoms with Crippen LogP contribution in [0.3, 0.4) is 0 Å². The van der Waals surface area contributed by atoms with Crippen molar-refractivity contribution >= 4 is 24.1 Å². The second-order valence-corrected chi connectivity index (χ2v) is 5.16. The highest BCUT2D eigenvalue weighted by Crippen LogP contribution is 2.11. The number of Topliss-reactive ketones (excluding diaryl/α,β-unsaturated/α-hetero) is 1. The van der Waals surface area contributed by atoms with E-state index >= 15 is 0 Å². The number of nitrogens with one attached hydrogen (secondary N) is 2. The molecule has 1 aliphatic heterocycles. The minimum absolute atomic E-state index is 0. The number of ketones is 1. The molecule has 0 saturated carbocycles. The van der Waals surface area contributed by atoms with Crippen LogP contribution in [0.1, 0.15) is 36.0 Å². The largest absolute Gasteiger partial charge is 0.352 e. The van der Waals surface area contributed by atoms with Crippen LogP contribution in [0.4, 0.5) is 8.78 Å². The Hall–Kier alpha value is -1.53. The summed E-state index contributed by atoms with van der Waals surface area (Å²) in [5.74, 6) is -2.61. The first-order chi connectivity index (χ1) is 10.1. The molecular formula is C15H19ClF2N2O2. The van der Waals surface area contributed by atoms with Crippen molar-refractivity contribution in [2.45, 2.75) is 31.7 Å². The smallest absolute Gasteiger partial charge is 0.220 e. The number of carbonyl (C=O) groups is 2. The highest BCUT2D eigenvalue weighted by molar-refractivity contribution is 5.97. The van der Waals surface area contributed by atoms with Gasteiger partial charge < -0.3 is 10.6 Å². The molecule has 0 spiro atoms. The van der Waals surface area contributed by atoms with Crippen molar-refractivity contribution in [2.75, 3.05) is 13.1 Å². The summed E-state index contributed by atoms with van der Waals surface area (Å²) >= 11 is 0. The van der Waals surface area contributed by atoms with Crippen molar-refractivity contribution < 1.29 is 18.4 Å². The van der Waals surface area contributed by atoms with Crippen LogP contribution in [-0.2, 0) is 4.79 Å². The van der Waals surface area contributed by atoms with Crippen LogP contribution in [-0.4, -0.2) is 30.8 Å². The molecule has 1 aromatic carbocycles. The van der Waals surface area contributed by atoms with E-state index in [-0.39, 0.29) is 48.5 Å². The summed E-state index contributed by atoms with van der Waals surface area (Å²) < 4.78 is 25.8. The minimum atomic E-state index is -1.06. The van der Waals surface area contributed by atoms with Crippen molar-refractivity contribution in [1.29, 1.82) is 0 Å². The molecule has 4 nitrogen and oxygen atoms in total. The van der Waals surface area contributed by atoms with Crippen LogP contribution in [0.2, 0.25) is 0 Å². The third-order valence-corrected chi connectivity index (χ3v) is 3.48. The van der Waals surface area contributed by atoms with E-state index in [0.717, 1.165) is 38.1 Å². The van der Waals surface area contributed by atoms with Gasteiger partial charge in [-0.15, -0.1) is 12.4 Å². The van der Waals surface area contributed by atoms with Crippen molar-refractivity contribution in [3.05, 3.63) is 35.4 Å². The van der Waals surface area contributed by atoms with Gasteiger partial charge in [-0.05, 0) is 37.6 Å². The topological polar surface area (TPSA) is 58.2 Å². The molecule has 1 fully saturated rings. The van der Waals surface area contributed by atoms with Crippen molar-refractivity contribution in [3.63, 3.8) is 0 Å². The molecule has 1 heterocycles. The van der Waals surface area contributed by atoms with Gasteiger partial charge in [-0.2, -0.15) is 0 Å². The minimum Gasteiger partial charge on any atom is -0.352 e. The maximum Gasteiger partial charge on any atom is 0.220 e. The van der Waals surface area contributed by atoms with Gasteiger partial charge in [0.1, 0.15) is 0 Å². The van der Waals surface area contributed by atoms with Gasteiger partial charge in [0.25, 0.3) is 0 Å². The number of benzene rings is 1. The van der Waals surface area contributed by atoms with Crippen LogP contribution in [0.15, 0.2) is 18.2 Å². The number of carbonyl (C=O) groups excluding carboxylic acids is 2. The number of amides is 1. The van der Waals surface area contributed by atoms with Gasteiger partial charge in [-0.1, -0.05) is 0 Å². The zero-order valence-corrected chi connectivity index (χ0v) is 12.8. The fourth-order valence-corrected chi connectivity index (χ4v) is 2.32. The second kappa shape index (κ2) is 8.80. The molecule has 2 N–H and O–H groups in total. The number of piperidine rings is 1. The lowest BCUT2D eigenvalue weighted by atomic mass is 10.0. The summed E-state index contributed by atoms with van der Waals surface area (Å²) in [5.41, 5.74) is 0.0843. The van der Waals surface area contributed by atoms with E-state index in [2.05, 4.69) is 10.6 Å². The van der Waals surface area contributed by atoms with Gasteiger partial charge in [0, 0.05) is 31.0 Å². The summed E-state index contributed by atoms with van der Waals surface area (Å²) in [7, 11) is 0. The van der Waals surface area contributed by atoms with Gasteiger partial charge in [0.15, 0.2) is 17.4 Å². The molecule has 7 heteroatoms. The molecule has 1 aromatic rings. The molecule has 0 aromatic heterocycles. The lowest BCUT2D eigenvalue weighted by Gasteiger charge is -2.23. The Morgan fingerprint density at radius 3 is 2.64 bits per heavy atom. The Morgan fingerprint density at radius 1 is 1.23 bits per heavy atom. The van der Waals surface area contributed by atoms with E-state index in [1.54, 1.807) is 0 Å². The molecule has 122 valence electrons. The number of hydrogen-bond acceptors (Lipinski definition) is 3. The highest BCUT2D eigenvalue weighted by atomic mass is 35.5. The average Bonchev–Trinajstić information content (AvgIpc) is 2.48. The van der Waals surface area contributed by atoms with Gasteiger partial charge in [0.05, 0.1) is 0 Å². The van der Waals surface area contributed by atoms with Gasteiger partial charge >= 0.3 is 0 Å². The molecule has 1 aliphatic rings. The summed E-state index contributed by atoms with van der Waals surface area (Å²) in [4.78, 5) is 23.6. The first-order valence-electron chi connectivity index (χ1n) is 7.04. The maximum absolute atomic E-state index is 13.0. The molecule has 1 amide bonds. The molecule has 0 aliphatic carbocycles. The Bertz CT molecular complexity index is 534. The van der Waals surface area contributed by atoms with Crippen molar-refractivity contribution in [3.8, 4) is 0 Å². The quantitative estimate of drug-likeness (QED) is 0.813. The standard InChI is InChI=1S/C15H18F2N2O2.ClH/c16-12-4-3-10(8-13(12)17)14(20)5-6-15(21)19-11-2-1-7-18-9-11;/h3-4,8,11,18H,1-2,5-7,9H2,(H,19,21);1H. The highest BCUT2D eigenvalue weighted by Gasteiger charge is 2.16. The summed E-state index contributed by atoms with van der Waals surface area (Å²) in [5, 5.41) is 6.04. The van der Waals surface area contributed by atoms with E-state index < -0.39 is 11.6 Å². The number of rotatable bonds is 5. The summed E-state index contributed by atoms with van der Waals surface area (Å²) in [6.07, 6.45) is 1.97. The van der Waals surface area contributed by atoms with Crippen LogP contribution < -0.4 is 10.6 Å². The van der Waals surface area contributed by atoms with Crippen LogP contribution in [0.5, 0.6) is 0 Å². The van der Waals surface area contributed by atoms with E-state index in [1.165, 1.54) is 6.07 Å². The predicted octanol–water partition coefficient (Wildman–Crippen LogP) is 2.22. The van der Waals surface area contributed by atoms with E-state index in [1.807, 2.05) is 0 Å². The molecule has 0 radical (unpaired) electrons. The zero-order valence-electron chi connectivity index (χ0n) is 12.0. The van der Waals surface area contributed by atoms with Gasteiger partial charge in [-0.25, -0.2) is 8.78 Å². The fraction of sp³-hybridized carbons (Fsp3) is 0.467. The summed E-state index contributed by atoms with van der Waals surface area (Å²) in [6.45, 7) is 1.70. The van der Waals surface area contributed by atoms with Crippen LogP contribution in [0, 0.1) is 11.6 Å². The van der Waals surface area contributed by atoms with Crippen LogP contribution in [0.25, 0.3) is 0 Å². The Labute approximate surface area is 134 Å². The molecule has 1 saturated heterocycles. The van der Waals surface area contributed by atoms with E-state index in [9.17, 15) is 18.4 Å². The Balaban J connectivity index is 0.00000242. The third kappa shape index (κ3) is 5.35. The normalized spacial score (nSPS) is 17.5. The molecule has 22 heavy (non-hydrogen) atoms. The summed E-state index contributed by atoms with van der Waals surface area (Å²) in [6, 6.07) is 3.10. The third-order valence-electron chi connectivity index (χ3n) is 3.48. The number of halogens is 3. The Kier molecular flexibility index (Phi) is 7.41. The van der Waals surface area contributed by atoms with Gasteiger partial charge in [0.2, 0.25) is 5.91 Å². The van der Waals surface area contributed by atoms with Crippen LogP contribution >= 0.6 is 12.4 Å². The molecule has 2 rings (SSSR count). The first kappa shape index (κ1) is 18.5. The SMILES string of the molecule is Cl.O=C(CCC(=O)c1ccc(F)c(F)c1)NC1CCCNC1. The maximum atomic E-state index is 13.0. The lowest BCUT2D eigenvalue weighted by molar-refractivity contribution is -0.121. The van der Waals surface area contributed by atoms with E-state index in [0.29, 0.717) is 0 Å². The molecular weight excluding hydrogens is 314 g/mol. The monoisotopic (exact) mass is 332 g/mol. The van der Waals surface area contributed by atoms with Crippen molar-refractivity contribution in [2.24, 2.45) is 0 Å². The van der Waals surface area contributed by atoms with Crippen molar-refractivity contribution in [1.82, 2.24) is 10.6 Å². The predicted molar refractivity (Wildman–Crippen MR) is 81.2 cm³/mol. The number of hydrogen-bond donors (Lipinski definition) is 2. The molecule has 1 unspecified atom stereocenters. The fourth-order valence-electron chi connectivity index (χ4n) is 2.32. The molecule has 1 atom stereocenters. The lowest BCUT2D eigenvalue weighted by Crippen LogP contribution is -2.45. The first-order valence-corrected chi connectivity index (χ1v) is 7.04. The molecule has 0 bridgehead atoms. The zero-order chi connectivity index (χ0) is 15.2. The van der Waals surface area contributed by atoms with Gasteiger partial charge in [-0.3, -0.25) is 9.59 Å². The van der Waals surface area contributed by atoms with E-state index in [4.69, 9.17) is 0 Å². The Morgan fingerprint density at radius 2 is 2.00 bits per heavy atom.